The fraction of sp³-hybridized carbons (Fsp3) is 0.286. The van der Waals surface area contributed by atoms with Gasteiger partial charge in [-0.25, -0.2) is 0 Å². The van der Waals surface area contributed by atoms with Crippen molar-refractivity contribution in [3.63, 3.8) is 0 Å². The van der Waals surface area contributed by atoms with E-state index in [2.05, 4.69) is 47.0 Å². The van der Waals surface area contributed by atoms with Crippen molar-refractivity contribution < 1.29 is 14.4 Å². The van der Waals surface area contributed by atoms with Crippen molar-refractivity contribution in [3.8, 4) is 0 Å². The second-order valence-electron chi connectivity index (χ2n) is 9.61. The highest BCUT2D eigenvalue weighted by atomic mass is 16.2. The summed E-state index contributed by atoms with van der Waals surface area (Å²) < 4.78 is 0. The molecule has 184 valence electrons. The Balaban J connectivity index is 1.39. The van der Waals surface area contributed by atoms with Crippen LogP contribution in [0.5, 0.6) is 0 Å². The molecule has 2 aromatic carbocycles. The molecule has 2 unspecified atom stereocenters. The molecule has 2 aliphatic heterocycles. The zero-order valence-electron chi connectivity index (χ0n) is 20.2. The lowest BCUT2D eigenvalue weighted by Gasteiger charge is -2.37. The first-order valence-corrected chi connectivity index (χ1v) is 12.1. The molecule has 0 aliphatic carbocycles. The van der Waals surface area contributed by atoms with Gasteiger partial charge in [-0.05, 0) is 66.1 Å². The molecule has 2 aliphatic rings. The van der Waals surface area contributed by atoms with Crippen LogP contribution in [0.15, 0.2) is 66.9 Å². The summed E-state index contributed by atoms with van der Waals surface area (Å²) in [6, 6.07) is 15.7. The van der Waals surface area contributed by atoms with Crippen LogP contribution in [0, 0.1) is 0 Å². The molecule has 5 rings (SSSR count). The van der Waals surface area contributed by atoms with Gasteiger partial charge in [0.2, 0.25) is 5.91 Å². The number of nitrogens with two attached hydrogens (primary N) is 1. The molecule has 0 saturated carbocycles. The molecular weight excluding hydrogens is 454 g/mol. The molecule has 8 heteroatoms. The van der Waals surface area contributed by atoms with E-state index in [-0.39, 0.29) is 36.0 Å². The summed E-state index contributed by atoms with van der Waals surface area (Å²) in [5.41, 5.74) is 8.71. The van der Waals surface area contributed by atoms with Crippen molar-refractivity contribution in [2.24, 2.45) is 5.73 Å². The Labute approximate surface area is 209 Å². The summed E-state index contributed by atoms with van der Waals surface area (Å²) in [6.45, 7) is 5.08. The maximum Gasteiger partial charge on any atom is 0.270 e. The first-order chi connectivity index (χ1) is 17.3. The number of benzene rings is 2. The second-order valence-corrected chi connectivity index (χ2v) is 9.61. The normalized spacial score (nSPS) is 19.8. The molecule has 3 N–H and O–H groups in total. The minimum Gasteiger partial charge on any atom is -0.366 e. The summed E-state index contributed by atoms with van der Waals surface area (Å²) >= 11 is 0. The lowest BCUT2D eigenvalue weighted by Crippen LogP contribution is -2.45. The van der Waals surface area contributed by atoms with Crippen LogP contribution in [0.3, 0.4) is 0 Å². The van der Waals surface area contributed by atoms with E-state index in [9.17, 15) is 14.4 Å². The molecule has 8 nitrogen and oxygen atoms in total. The Hall–Kier alpha value is -4.04. The summed E-state index contributed by atoms with van der Waals surface area (Å²) in [5.74, 6) is -0.876. The lowest BCUT2D eigenvalue weighted by molar-refractivity contribution is -0.114. The molecule has 0 radical (unpaired) electrons. The van der Waals surface area contributed by atoms with Crippen LogP contribution in [0.25, 0.3) is 10.8 Å². The topological polar surface area (TPSA) is 109 Å². The van der Waals surface area contributed by atoms with Gasteiger partial charge in [0.05, 0.1) is 6.54 Å². The Morgan fingerprint density at radius 1 is 1.19 bits per heavy atom. The third-order valence-electron chi connectivity index (χ3n) is 7.24. The average Bonchev–Trinajstić information content (AvgIpc) is 3.20. The van der Waals surface area contributed by atoms with Gasteiger partial charge in [0.25, 0.3) is 11.8 Å². The fourth-order valence-corrected chi connectivity index (χ4v) is 5.21. The molecule has 3 amide bonds. The largest absolute Gasteiger partial charge is 0.366 e. The highest BCUT2D eigenvalue weighted by Gasteiger charge is 2.32. The zero-order valence-corrected chi connectivity index (χ0v) is 20.2. The number of piperidine rings is 1. The van der Waals surface area contributed by atoms with Crippen LogP contribution in [0.2, 0.25) is 0 Å². The van der Waals surface area contributed by atoms with Gasteiger partial charge in [0.1, 0.15) is 5.69 Å². The number of carbonyl (C=O) groups is 3. The van der Waals surface area contributed by atoms with Crippen molar-refractivity contribution in [1.82, 2.24) is 20.1 Å². The van der Waals surface area contributed by atoms with Crippen LogP contribution >= 0.6 is 0 Å². The summed E-state index contributed by atoms with van der Waals surface area (Å²) in [6.07, 6.45) is 3.26. The van der Waals surface area contributed by atoms with Crippen LogP contribution in [0.4, 0.5) is 0 Å². The molecule has 3 aromatic rings. The van der Waals surface area contributed by atoms with Crippen molar-refractivity contribution in [1.29, 1.82) is 0 Å². The Bertz CT molecular complexity index is 1370. The maximum atomic E-state index is 13.0. The van der Waals surface area contributed by atoms with Crippen molar-refractivity contribution in [2.75, 3.05) is 20.1 Å². The lowest BCUT2D eigenvalue weighted by atomic mass is 9.89. The summed E-state index contributed by atoms with van der Waals surface area (Å²) in [5, 5.41) is 5.23. The molecule has 1 fully saturated rings. The third kappa shape index (κ3) is 4.47. The second kappa shape index (κ2) is 9.54. The summed E-state index contributed by atoms with van der Waals surface area (Å²) in [4.78, 5) is 45.2. The first kappa shape index (κ1) is 23.7. The number of amides is 3. The van der Waals surface area contributed by atoms with E-state index in [1.807, 2.05) is 18.2 Å². The summed E-state index contributed by atoms with van der Waals surface area (Å²) in [7, 11) is 2.10. The molecular formula is C28H29N5O3. The third-order valence-corrected chi connectivity index (χ3v) is 7.24. The predicted molar refractivity (Wildman–Crippen MR) is 137 cm³/mol. The van der Waals surface area contributed by atoms with Crippen LogP contribution in [-0.4, -0.2) is 58.7 Å². The average molecular weight is 484 g/mol. The van der Waals surface area contributed by atoms with Crippen LogP contribution in [-0.2, 0) is 11.3 Å². The highest BCUT2D eigenvalue weighted by Crippen LogP contribution is 2.35. The van der Waals surface area contributed by atoms with E-state index < -0.39 is 5.91 Å². The number of carbonyl (C=O) groups excluding carboxylic acids is 3. The van der Waals surface area contributed by atoms with Gasteiger partial charge >= 0.3 is 0 Å². The number of hydrogen-bond donors (Lipinski definition) is 2. The van der Waals surface area contributed by atoms with E-state index in [0.29, 0.717) is 17.8 Å². The van der Waals surface area contributed by atoms with Crippen molar-refractivity contribution >= 4 is 28.5 Å². The standard InChI is InChI=1S/C28H29N5O3/c1-17(26(29)34)15-33-16-23-21(28(33)36)9-8-18-6-7-19(13-22(18)23)25-14-20(10-12-32(25)2)31-27(35)24-5-3-4-11-30-24/h3-9,11,13,20,25H,1,10,12,14-16H2,2H3,(H2,29,34)(H,31,35). The molecule has 2 atom stereocenters. The number of pyridine rings is 1. The number of hydrogen-bond acceptors (Lipinski definition) is 5. The molecule has 1 saturated heterocycles. The molecule has 3 heterocycles. The minimum absolute atomic E-state index is 0.0368. The Morgan fingerprint density at radius 3 is 2.75 bits per heavy atom. The van der Waals surface area contributed by atoms with E-state index >= 15 is 0 Å². The quantitative estimate of drug-likeness (QED) is 0.524. The molecule has 1 aromatic heterocycles. The van der Waals surface area contributed by atoms with Crippen molar-refractivity contribution in [2.45, 2.75) is 31.5 Å². The van der Waals surface area contributed by atoms with Gasteiger partial charge in [-0.3, -0.25) is 24.3 Å². The van der Waals surface area contributed by atoms with Gasteiger partial charge in [0.15, 0.2) is 0 Å². The van der Waals surface area contributed by atoms with E-state index in [1.54, 1.807) is 23.2 Å². The van der Waals surface area contributed by atoms with E-state index in [4.69, 9.17) is 5.73 Å². The van der Waals surface area contributed by atoms with Gasteiger partial charge in [0, 0.05) is 42.5 Å². The SMILES string of the molecule is C=C(CN1Cc2c(ccc3ccc(C4CC(NC(=O)c5ccccn5)CCN4C)cc23)C1=O)C(N)=O. The van der Waals surface area contributed by atoms with Crippen LogP contribution in [0.1, 0.15) is 50.9 Å². The van der Waals surface area contributed by atoms with Gasteiger partial charge in [-0.15, -0.1) is 0 Å². The number of nitrogens with zero attached hydrogens (tertiary/aromatic N) is 3. The maximum absolute atomic E-state index is 13.0. The van der Waals surface area contributed by atoms with Crippen molar-refractivity contribution in [3.05, 3.63) is 89.3 Å². The van der Waals surface area contributed by atoms with Gasteiger partial charge in [-0.1, -0.05) is 30.8 Å². The van der Waals surface area contributed by atoms with E-state index in [0.717, 1.165) is 41.3 Å². The number of primary amides is 1. The number of rotatable bonds is 6. The number of aromatic nitrogens is 1. The molecule has 0 spiro atoms. The van der Waals surface area contributed by atoms with Gasteiger partial charge < -0.3 is 16.0 Å². The predicted octanol–water partition coefficient (Wildman–Crippen LogP) is 2.80. The Kier molecular flexibility index (Phi) is 6.28. The molecule has 36 heavy (non-hydrogen) atoms. The minimum atomic E-state index is -0.601. The smallest absolute Gasteiger partial charge is 0.270 e. The monoisotopic (exact) mass is 483 g/mol. The number of likely N-dealkylation sites (tertiary alicyclic amines) is 1. The fourth-order valence-electron chi connectivity index (χ4n) is 5.21. The van der Waals surface area contributed by atoms with Crippen LogP contribution < -0.4 is 11.1 Å². The van der Waals surface area contributed by atoms with Gasteiger partial charge in [-0.2, -0.15) is 0 Å². The highest BCUT2D eigenvalue weighted by molar-refractivity contribution is 6.05. The first-order valence-electron chi connectivity index (χ1n) is 12.1. The Morgan fingerprint density at radius 2 is 2.00 bits per heavy atom. The zero-order chi connectivity index (χ0) is 25.4. The number of nitrogens with one attached hydrogen (secondary N) is 1. The number of fused-ring (bicyclic) bond motifs is 3. The van der Waals surface area contributed by atoms with E-state index in [1.165, 1.54) is 0 Å². The molecule has 0 bridgehead atoms.